The van der Waals surface area contributed by atoms with Crippen molar-refractivity contribution in [2.45, 2.75) is 39.0 Å². The second kappa shape index (κ2) is 5.34. The van der Waals surface area contributed by atoms with Crippen LogP contribution in [0.3, 0.4) is 0 Å². The lowest BCUT2D eigenvalue weighted by atomic mass is 9.99. The minimum atomic E-state index is -4.37. The van der Waals surface area contributed by atoms with Crippen LogP contribution in [-0.2, 0) is 17.3 Å². The highest BCUT2D eigenvalue weighted by molar-refractivity contribution is 5.89. The molecule has 20 heavy (non-hydrogen) atoms. The fourth-order valence-corrected chi connectivity index (χ4v) is 2.23. The average Bonchev–Trinajstić information content (AvgIpc) is 2.35. The minimum Gasteiger partial charge on any atom is -0.446 e. The van der Waals surface area contributed by atoms with E-state index in [-0.39, 0.29) is 6.10 Å². The third kappa shape index (κ3) is 3.05. The number of amides is 1. The van der Waals surface area contributed by atoms with Gasteiger partial charge in [-0.05, 0) is 50.5 Å². The van der Waals surface area contributed by atoms with E-state index in [1.807, 2.05) is 0 Å². The maximum Gasteiger partial charge on any atom is 0.416 e. The molecule has 0 saturated heterocycles. The molecule has 0 radical (unpaired) electrons. The Morgan fingerprint density at radius 2 is 2.05 bits per heavy atom. The van der Waals surface area contributed by atoms with Crippen molar-refractivity contribution < 1.29 is 22.7 Å². The van der Waals surface area contributed by atoms with Gasteiger partial charge in [0.25, 0.3) is 0 Å². The van der Waals surface area contributed by atoms with Crippen LogP contribution >= 0.6 is 0 Å². The largest absolute Gasteiger partial charge is 0.446 e. The van der Waals surface area contributed by atoms with Gasteiger partial charge in [0.2, 0.25) is 0 Å². The SMILES string of the molecule is CC(C)OC(=O)N1CCCc2cc(C(F)(F)F)ccc21. The molecule has 2 rings (SSSR count). The summed E-state index contributed by atoms with van der Waals surface area (Å²) in [5, 5.41) is 0. The monoisotopic (exact) mass is 287 g/mol. The summed E-state index contributed by atoms with van der Waals surface area (Å²) in [7, 11) is 0. The summed E-state index contributed by atoms with van der Waals surface area (Å²) in [6.45, 7) is 3.93. The fourth-order valence-electron chi connectivity index (χ4n) is 2.23. The van der Waals surface area contributed by atoms with Gasteiger partial charge in [-0.2, -0.15) is 13.2 Å². The second-order valence-electron chi connectivity index (χ2n) is 5.03. The standard InChI is InChI=1S/C14H16F3NO2/c1-9(2)20-13(19)18-7-3-4-10-8-11(14(15,16)17)5-6-12(10)18/h5-6,8-9H,3-4,7H2,1-2H3. The van der Waals surface area contributed by atoms with Gasteiger partial charge in [0.05, 0.1) is 17.4 Å². The van der Waals surface area contributed by atoms with Gasteiger partial charge in [0.1, 0.15) is 0 Å². The number of hydrogen-bond donors (Lipinski definition) is 0. The molecular weight excluding hydrogens is 271 g/mol. The predicted molar refractivity (Wildman–Crippen MR) is 68.7 cm³/mol. The average molecular weight is 287 g/mol. The molecule has 0 N–H and O–H groups in total. The molecule has 0 aromatic heterocycles. The number of hydrogen-bond acceptors (Lipinski definition) is 2. The Bertz CT molecular complexity index is 512. The highest BCUT2D eigenvalue weighted by Gasteiger charge is 2.33. The van der Waals surface area contributed by atoms with E-state index in [1.54, 1.807) is 13.8 Å². The van der Waals surface area contributed by atoms with Gasteiger partial charge in [-0.25, -0.2) is 4.79 Å². The van der Waals surface area contributed by atoms with Crippen LogP contribution < -0.4 is 4.90 Å². The van der Waals surface area contributed by atoms with Crippen LogP contribution in [0.4, 0.5) is 23.7 Å². The summed E-state index contributed by atoms with van der Waals surface area (Å²) in [6.07, 6.45) is -3.98. The van der Waals surface area contributed by atoms with Crippen molar-refractivity contribution in [3.05, 3.63) is 29.3 Å². The van der Waals surface area contributed by atoms with Crippen molar-refractivity contribution in [1.29, 1.82) is 0 Å². The number of benzene rings is 1. The number of anilines is 1. The Morgan fingerprint density at radius 3 is 2.65 bits per heavy atom. The van der Waals surface area contributed by atoms with Crippen molar-refractivity contribution in [2.24, 2.45) is 0 Å². The van der Waals surface area contributed by atoms with E-state index >= 15 is 0 Å². The quantitative estimate of drug-likeness (QED) is 0.781. The Morgan fingerprint density at radius 1 is 1.35 bits per heavy atom. The second-order valence-corrected chi connectivity index (χ2v) is 5.03. The number of ether oxygens (including phenoxy) is 1. The predicted octanol–water partition coefficient (Wildman–Crippen LogP) is 4.00. The fraction of sp³-hybridized carbons (Fsp3) is 0.500. The molecule has 1 heterocycles. The Balaban J connectivity index is 2.30. The van der Waals surface area contributed by atoms with Crippen molar-refractivity contribution in [3.8, 4) is 0 Å². The van der Waals surface area contributed by atoms with Gasteiger partial charge in [-0.1, -0.05) is 0 Å². The third-order valence-corrected chi connectivity index (χ3v) is 3.08. The van der Waals surface area contributed by atoms with Crippen molar-refractivity contribution in [2.75, 3.05) is 11.4 Å². The lowest BCUT2D eigenvalue weighted by Gasteiger charge is -2.30. The number of fused-ring (bicyclic) bond motifs is 1. The Hall–Kier alpha value is -1.72. The zero-order valence-electron chi connectivity index (χ0n) is 11.3. The van der Waals surface area contributed by atoms with Crippen LogP contribution in [0.2, 0.25) is 0 Å². The molecule has 0 bridgehead atoms. The summed E-state index contributed by atoms with van der Waals surface area (Å²) < 4.78 is 43.1. The molecule has 1 aliphatic rings. The van der Waals surface area contributed by atoms with Crippen LogP contribution in [0.25, 0.3) is 0 Å². The van der Waals surface area contributed by atoms with Gasteiger partial charge >= 0.3 is 12.3 Å². The molecule has 1 amide bonds. The number of carbonyl (C=O) groups excluding carboxylic acids is 1. The van der Waals surface area contributed by atoms with Gasteiger partial charge in [0, 0.05) is 6.54 Å². The van der Waals surface area contributed by atoms with Gasteiger partial charge < -0.3 is 4.74 Å². The highest BCUT2D eigenvalue weighted by atomic mass is 19.4. The molecule has 1 aromatic carbocycles. The summed E-state index contributed by atoms with van der Waals surface area (Å²) in [5.41, 5.74) is 0.358. The van der Waals surface area contributed by atoms with E-state index in [4.69, 9.17) is 4.74 Å². The maximum atomic E-state index is 12.7. The zero-order valence-corrected chi connectivity index (χ0v) is 11.3. The number of rotatable bonds is 1. The topological polar surface area (TPSA) is 29.5 Å². The smallest absolute Gasteiger partial charge is 0.416 e. The summed E-state index contributed by atoms with van der Waals surface area (Å²) in [6, 6.07) is 3.46. The molecule has 1 aliphatic heterocycles. The first-order valence-electron chi connectivity index (χ1n) is 6.47. The molecule has 0 atom stereocenters. The first-order valence-corrected chi connectivity index (χ1v) is 6.47. The van der Waals surface area contributed by atoms with Crippen LogP contribution in [0.5, 0.6) is 0 Å². The number of nitrogens with zero attached hydrogens (tertiary/aromatic N) is 1. The summed E-state index contributed by atoms with van der Waals surface area (Å²) in [4.78, 5) is 13.3. The number of halogens is 3. The van der Waals surface area contributed by atoms with E-state index in [9.17, 15) is 18.0 Å². The van der Waals surface area contributed by atoms with Gasteiger partial charge in [-0.15, -0.1) is 0 Å². The van der Waals surface area contributed by atoms with E-state index in [2.05, 4.69) is 0 Å². The molecular formula is C14H16F3NO2. The maximum absolute atomic E-state index is 12.7. The molecule has 0 unspecified atom stereocenters. The van der Waals surface area contributed by atoms with Gasteiger partial charge in [-0.3, -0.25) is 4.90 Å². The first kappa shape index (κ1) is 14.7. The van der Waals surface area contributed by atoms with E-state index in [0.29, 0.717) is 30.6 Å². The van der Waals surface area contributed by atoms with Crippen molar-refractivity contribution in [1.82, 2.24) is 0 Å². The first-order chi connectivity index (χ1) is 9.29. The molecule has 0 aliphatic carbocycles. The van der Waals surface area contributed by atoms with E-state index in [0.717, 1.165) is 12.1 Å². The van der Waals surface area contributed by atoms with Gasteiger partial charge in [0.15, 0.2) is 0 Å². The Labute approximate surface area is 115 Å². The molecule has 6 heteroatoms. The van der Waals surface area contributed by atoms with Crippen LogP contribution in [0.1, 0.15) is 31.4 Å². The third-order valence-electron chi connectivity index (χ3n) is 3.08. The van der Waals surface area contributed by atoms with E-state index in [1.165, 1.54) is 11.0 Å². The lowest BCUT2D eigenvalue weighted by Crippen LogP contribution is -2.37. The zero-order chi connectivity index (χ0) is 14.9. The molecule has 0 fully saturated rings. The van der Waals surface area contributed by atoms with Crippen molar-refractivity contribution in [3.63, 3.8) is 0 Å². The molecule has 110 valence electrons. The molecule has 0 spiro atoms. The normalized spacial score (nSPS) is 15.2. The molecule has 0 saturated carbocycles. The van der Waals surface area contributed by atoms with Crippen LogP contribution in [0.15, 0.2) is 18.2 Å². The number of aryl methyl sites for hydroxylation is 1. The number of alkyl halides is 3. The van der Waals surface area contributed by atoms with E-state index < -0.39 is 17.8 Å². The van der Waals surface area contributed by atoms with Crippen LogP contribution in [-0.4, -0.2) is 18.7 Å². The minimum absolute atomic E-state index is 0.262. The van der Waals surface area contributed by atoms with Crippen molar-refractivity contribution >= 4 is 11.8 Å². The molecule has 1 aromatic rings. The Kier molecular flexibility index (Phi) is 3.92. The summed E-state index contributed by atoms with van der Waals surface area (Å²) >= 11 is 0. The highest BCUT2D eigenvalue weighted by Crippen LogP contribution is 2.35. The number of carbonyl (C=O) groups is 1. The summed E-state index contributed by atoms with van der Waals surface area (Å²) in [5.74, 6) is 0. The molecule has 3 nitrogen and oxygen atoms in total. The van der Waals surface area contributed by atoms with Crippen LogP contribution in [0, 0.1) is 0 Å². The lowest BCUT2D eigenvalue weighted by molar-refractivity contribution is -0.137.